The summed E-state index contributed by atoms with van der Waals surface area (Å²) in [4.78, 5) is 0. The van der Waals surface area contributed by atoms with Crippen LogP contribution in [0.1, 0.15) is 66.2 Å². The molecule has 0 aliphatic heterocycles. The van der Waals surface area contributed by atoms with E-state index in [2.05, 4.69) is 34.3 Å². The van der Waals surface area contributed by atoms with E-state index in [1.54, 1.807) is 0 Å². The van der Waals surface area contributed by atoms with Gasteiger partial charge in [0, 0.05) is 0 Å². The van der Waals surface area contributed by atoms with Gasteiger partial charge in [0.05, 0.1) is 0 Å². The molecule has 0 heteroatoms. The predicted molar refractivity (Wildman–Crippen MR) is 66.5 cm³/mol. The van der Waals surface area contributed by atoms with Crippen LogP contribution in [0, 0.1) is 11.8 Å². The molecule has 0 aromatic rings. The Kier molecular flexibility index (Phi) is 7.93. The molecule has 0 nitrogen and oxygen atoms in total. The number of hydrogen-bond donors (Lipinski definition) is 0. The molecule has 0 saturated heterocycles. The minimum Gasteiger partial charge on any atom is -0.0999 e. The number of hydrogen-bond acceptors (Lipinski definition) is 0. The molecule has 0 aromatic heterocycles. The van der Waals surface area contributed by atoms with Crippen molar-refractivity contribution in [3.05, 3.63) is 12.2 Å². The van der Waals surface area contributed by atoms with E-state index in [-0.39, 0.29) is 0 Å². The smallest absolute Gasteiger partial charge is 0.0211 e. The third kappa shape index (κ3) is 6.23. The number of unbranched alkanes of at least 4 members (excludes halogenated alkanes) is 4. The molecule has 0 aliphatic rings. The van der Waals surface area contributed by atoms with Crippen molar-refractivity contribution in [2.45, 2.75) is 66.2 Å². The fraction of sp³-hybridized carbons (Fsp3) is 0.857. The van der Waals surface area contributed by atoms with Crippen molar-refractivity contribution in [1.82, 2.24) is 0 Å². The molecule has 0 saturated carbocycles. The minimum atomic E-state index is 0.696. The molecule has 0 aromatic carbocycles. The van der Waals surface area contributed by atoms with Crippen LogP contribution in [-0.2, 0) is 0 Å². The van der Waals surface area contributed by atoms with Crippen LogP contribution in [0.5, 0.6) is 0 Å². The second-order valence-corrected chi connectivity index (χ2v) is 4.82. The Balaban J connectivity index is 3.43. The second-order valence-electron chi connectivity index (χ2n) is 4.82. The lowest BCUT2D eigenvalue weighted by molar-refractivity contribution is 0.392. The normalized spacial score (nSPS) is 15.1. The van der Waals surface area contributed by atoms with Crippen LogP contribution in [0.2, 0.25) is 0 Å². The topological polar surface area (TPSA) is 0 Å². The standard InChI is InChI=1S/C14H28/c1-6-7-8-9-10-11-13(4)14(5)12(2)3/h13-14H,2,6-11H2,1,3-5H3. The van der Waals surface area contributed by atoms with Gasteiger partial charge in [-0.15, -0.1) is 0 Å². The Labute approximate surface area is 90.8 Å². The Morgan fingerprint density at radius 2 is 1.64 bits per heavy atom. The molecule has 0 rings (SSSR count). The Hall–Kier alpha value is -0.260. The van der Waals surface area contributed by atoms with E-state index in [1.807, 2.05) is 0 Å². The summed E-state index contributed by atoms with van der Waals surface area (Å²) >= 11 is 0. The number of allylic oxidation sites excluding steroid dienone is 1. The first kappa shape index (κ1) is 13.7. The molecule has 0 amide bonds. The monoisotopic (exact) mass is 196 g/mol. The largest absolute Gasteiger partial charge is 0.0999 e. The fourth-order valence-corrected chi connectivity index (χ4v) is 1.81. The summed E-state index contributed by atoms with van der Waals surface area (Å²) in [5, 5.41) is 0. The van der Waals surface area contributed by atoms with Gasteiger partial charge in [0.25, 0.3) is 0 Å². The molecule has 14 heavy (non-hydrogen) atoms. The van der Waals surface area contributed by atoms with Crippen LogP contribution in [0.25, 0.3) is 0 Å². The maximum atomic E-state index is 4.03. The van der Waals surface area contributed by atoms with E-state index in [1.165, 1.54) is 44.1 Å². The Morgan fingerprint density at radius 1 is 1.07 bits per heavy atom. The summed E-state index contributed by atoms with van der Waals surface area (Å²) in [6.07, 6.45) is 8.37. The molecule has 2 atom stereocenters. The summed E-state index contributed by atoms with van der Waals surface area (Å²) in [7, 11) is 0. The summed E-state index contributed by atoms with van der Waals surface area (Å²) in [6.45, 7) is 13.1. The third-order valence-corrected chi connectivity index (χ3v) is 3.39. The summed E-state index contributed by atoms with van der Waals surface area (Å²) < 4.78 is 0. The van der Waals surface area contributed by atoms with E-state index >= 15 is 0 Å². The number of rotatable bonds is 8. The van der Waals surface area contributed by atoms with E-state index < -0.39 is 0 Å². The highest BCUT2D eigenvalue weighted by molar-refractivity contribution is 4.95. The molecule has 0 heterocycles. The van der Waals surface area contributed by atoms with Crippen molar-refractivity contribution in [2.75, 3.05) is 0 Å². The van der Waals surface area contributed by atoms with Gasteiger partial charge in [-0.1, -0.05) is 71.4 Å². The molecule has 0 radical (unpaired) electrons. The lowest BCUT2D eigenvalue weighted by atomic mass is 9.86. The molecule has 84 valence electrons. The van der Waals surface area contributed by atoms with Gasteiger partial charge in [-0.2, -0.15) is 0 Å². The maximum Gasteiger partial charge on any atom is -0.0211 e. The van der Waals surface area contributed by atoms with Gasteiger partial charge in [-0.25, -0.2) is 0 Å². The SMILES string of the molecule is C=C(C)C(C)C(C)CCCCCCC. The van der Waals surface area contributed by atoms with Gasteiger partial charge < -0.3 is 0 Å². The lowest BCUT2D eigenvalue weighted by Crippen LogP contribution is -2.08. The summed E-state index contributed by atoms with van der Waals surface area (Å²) in [5.74, 6) is 1.51. The predicted octanol–water partition coefficient (Wildman–Crippen LogP) is 5.20. The zero-order valence-corrected chi connectivity index (χ0v) is 10.6. The zero-order valence-electron chi connectivity index (χ0n) is 10.6. The highest BCUT2D eigenvalue weighted by atomic mass is 14.2. The van der Waals surface area contributed by atoms with E-state index in [0.717, 1.165) is 5.92 Å². The van der Waals surface area contributed by atoms with Crippen LogP contribution in [-0.4, -0.2) is 0 Å². The lowest BCUT2D eigenvalue weighted by Gasteiger charge is -2.19. The van der Waals surface area contributed by atoms with Crippen molar-refractivity contribution in [2.24, 2.45) is 11.8 Å². The molecule has 0 bridgehead atoms. The van der Waals surface area contributed by atoms with E-state index in [9.17, 15) is 0 Å². The van der Waals surface area contributed by atoms with E-state index in [4.69, 9.17) is 0 Å². The van der Waals surface area contributed by atoms with Crippen molar-refractivity contribution in [3.63, 3.8) is 0 Å². The first-order valence-corrected chi connectivity index (χ1v) is 6.25. The van der Waals surface area contributed by atoms with Crippen LogP contribution in [0.3, 0.4) is 0 Å². The Bertz CT molecular complexity index is 146. The molecule has 0 aliphatic carbocycles. The average Bonchev–Trinajstić information content (AvgIpc) is 2.16. The van der Waals surface area contributed by atoms with Gasteiger partial charge in [-0.05, 0) is 18.8 Å². The maximum absolute atomic E-state index is 4.03. The van der Waals surface area contributed by atoms with Crippen LogP contribution < -0.4 is 0 Å². The van der Waals surface area contributed by atoms with Gasteiger partial charge in [-0.3, -0.25) is 0 Å². The van der Waals surface area contributed by atoms with Crippen LogP contribution in [0.15, 0.2) is 12.2 Å². The van der Waals surface area contributed by atoms with Gasteiger partial charge >= 0.3 is 0 Å². The molecule has 2 unspecified atom stereocenters. The van der Waals surface area contributed by atoms with Crippen LogP contribution >= 0.6 is 0 Å². The van der Waals surface area contributed by atoms with Gasteiger partial charge in [0.1, 0.15) is 0 Å². The average molecular weight is 196 g/mol. The highest BCUT2D eigenvalue weighted by Gasteiger charge is 2.11. The Morgan fingerprint density at radius 3 is 2.14 bits per heavy atom. The van der Waals surface area contributed by atoms with Crippen molar-refractivity contribution >= 4 is 0 Å². The van der Waals surface area contributed by atoms with Gasteiger partial charge in [0.15, 0.2) is 0 Å². The van der Waals surface area contributed by atoms with Crippen molar-refractivity contribution < 1.29 is 0 Å². The van der Waals surface area contributed by atoms with Gasteiger partial charge in [0.2, 0.25) is 0 Å². The van der Waals surface area contributed by atoms with Crippen molar-refractivity contribution in [1.29, 1.82) is 0 Å². The zero-order chi connectivity index (χ0) is 11.0. The quantitative estimate of drug-likeness (QED) is 0.370. The molecule has 0 fully saturated rings. The third-order valence-electron chi connectivity index (χ3n) is 3.39. The molecule has 0 N–H and O–H groups in total. The summed E-state index contributed by atoms with van der Waals surface area (Å²) in [5.41, 5.74) is 1.34. The molecule has 0 spiro atoms. The first-order valence-electron chi connectivity index (χ1n) is 6.25. The molecular formula is C14H28. The van der Waals surface area contributed by atoms with Crippen molar-refractivity contribution in [3.8, 4) is 0 Å². The fourth-order valence-electron chi connectivity index (χ4n) is 1.81. The minimum absolute atomic E-state index is 0.696. The molecular weight excluding hydrogens is 168 g/mol. The van der Waals surface area contributed by atoms with Crippen LogP contribution in [0.4, 0.5) is 0 Å². The highest BCUT2D eigenvalue weighted by Crippen LogP contribution is 2.23. The first-order chi connectivity index (χ1) is 6.59. The summed E-state index contributed by atoms with van der Waals surface area (Å²) in [6, 6.07) is 0. The van der Waals surface area contributed by atoms with E-state index in [0.29, 0.717) is 5.92 Å². The second kappa shape index (κ2) is 8.08.